The van der Waals surface area contributed by atoms with Crippen LogP contribution in [-0.4, -0.2) is 36.4 Å². The first-order valence-corrected chi connectivity index (χ1v) is 14.8. The van der Waals surface area contributed by atoms with E-state index in [1.807, 2.05) is 86.3 Å². The van der Waals surface area contributed by atoms with Crippen molar-refractivity contribution < 1.29 is 23.9 Å². The predicted molar refractivity (Wildman–Crippen MR) is 168 cm³/mol. The van der Waals surface area contributed by atoms with Gasteiger partial charge in [-0.15, -0.1) is 0 Å². The number of para-hydroxylation sites is 1. The minimum absolute atomic E-state index is 0.0702. The number of anilines is 2. The average Bonchev–Trinajstić information content (AvgIpc) is 3.70. The zero-order valence-corrected chi connectivity index (χ0v) is 24.6. The third kappa shape index (κ3) is 3.52. The summed E-state index contributed by atoms with van der Waals surface area (Å²) in [6.07, 6.45) is 2.08. The molecule has 8 rings (SSSR count). The number of Topliss-reactive ketones (excluding diaryl/α,β-unsaturated/α-hetero) is 2. The second-order valence-electron chi connectivity index (χ2n) is 12.2. The normalized spacial score (nSPS) is 24.0. The van der Waals surface area contributed by atoms with Gasteiger partial charge in [0.25, 0.3) is 0 Å². The molecule has 0 unspecified atom stereocenters. The topological polar surface area (TPSA) is 84.9 Å². The number of nitrogens with zero attached hydrogens (tertiary/aromatic N) is 1. The molecule has 4 atom stereocenters. The molecule has 218 valence electrons. The van der Waals surface area contributed by atoms with Gasteiger partial charge in [0.05, 0.1) is 12.0 Å². The minimum atomic E-state index is -1.38. The second kappa shape index (κ2) is 9.41. The molecule has 4 aromatic rings. The lowest BCUT2D eigenvalue weighted by Gasteiger charge is -2.39. The highest BCUT2D eigenvalue weighted by atomic mass is 16.7. The van der Waals surface area contributed by atoms with E-state index in [9.17, 15) is 9.59 Å². The molecule has 1 saturated heterocycles. The molecule has 4 aliphatic rings. The average molecular weight is 583 g/mol. The number of ketones is 2. The number of carbonyl (C=O) groups excluding carboxylic acids is 3. The number of fused-ring (bicyclic) bond motifs is 7. The summed E-state index contributed by atoms with van der Waals surface area (Å²) < 4.78 is 11.1. The number of aryl methyl sites for hydroxylation is 2. The Balaban J connectivity index is 1.43. The molecule has 0 aromatic heterocycles. The van der Waals surface area contributed by atoms with E-state index in [0.29, 0.717) is 28.3 Å². The minimum Gasteiger partial charge on any atom is -0.454 e. The summed E-state index contributed by atoms with van der Waals surface area (Å²) in [6, 6.07) is 24.6. The standard InChI is InChI=1S/C37H30N2O5/c1-20-8-11-23(12-9-20)35(41)33-32(34(40)24-13-15-29-30(18-24)44-19-43-29)37(26-6-4-5-7-27(26)38-36(37)42)31-17-22(3)25-16-21(2)10-14-28(25)39(31)33/h4-18,31-33H,19H2,1-3H3,(H,38,42)/t31-,32+,33+,37-/m1/s1. The number of nitrogens with one attached hydrogen (secondary N) is 1. The summed E-state index contributed by atoms with van der Waals surface area (Å²) in [5.74, 6) is -0.820. The van der Waals surface area contributed by atoms with Gasteiger partial charge in [0.15, 0.2) is 23.1 Å². The smallest absolute Gasteiger partial charge is 0.238 e. The van der Waals surface area contributed by atoms with Crippen LogP contribution in [0.4, 0.5) is 11.4 Å². The summed E-state index contributed by atoms with van der Waals surface area (Å²) in [5.41, 5.74) is 5.79. The van der Waals surface area contributed by atoms with Gasteiger partial charge in [-0.1, -0.05) is 65.7 Å². The van der Waals surface area contributed by atoms with Crippen LogP contribution in [0.1, 0.15) is 49.9 Å². The molecule has 4 aliphatic heterocycles. The van der Waals surface area contributed by atoms with E-state index >= 15 is 4.79 Å². The predicted octanol–water partition coefficient (Wildman–Crippen LogP) is 6.28. The second-order valence-corrected chi connectivity index (χ2v) is 12.2. The molecule has 4 heterocycles. The van der Waals surface area contributed by atoms with Crippen LogP contribution in [0.25, 0.3) is 5.57 Å². The van der Waals surface area contributed by atoms with Crippen molar-refractivity contribution in [2.75, 3.05) is 17.0 Å². The van der Waals surface area contributed by atoms with Crippen LogP contribution >= 0.6 is 0 Å². The molecule has 7 nitrogen and oxygen atoms in total. The van der Waals surface area contributed by atoms with Crippen molar-refractivity contribution in [2.24, 2.45) is 5.92 Å². The fourth-order valence-electron chi connectivity index (χ4n) is 7.66. The van der Waals surface area contributed by atoms with Crippen LogP contribution in [0.2, 0.25) is 0 Å². The molecule has 0 bridgehead atoms. The summed E-state index contributed by atoms with van der Waals surface area (Å²) in [7, 11) is 0. The molecule has 0 saturated carbocycles. The maximum Gasteiger partial charge on any atom is 0.238 e. The van der Waals surface area contributed by atoms with Gasteiger partial charge in [0.2, 0.25) is 12.7 Å². The quantitative estimate of drug-likeness (QED) is 0.285. The van der Waals surface area contributed by atoms with E-state index < -0.39 is 23.4 Å². The Morgan fingerprint density at radius 3 is 2.36 bits per heavy atom. The van der Waals surface area contributed by atoms with Crippen molar-refractivity contribution in [2.45, 2.75) is 38.3 Å². The van der Waals surface area contributed by atoms with E-state index in [0.717, 1.165) is 33.5 Å². The summed E-state index contributed by atoms with van der Waals surface area (Å²) in [5, 5.41) is 3.09. The number of allylic oxidation sites excluding steroid dienone is 1. The SMILES string of the molecule is CC1=C[C@H]2N(c3ccc(C)cc31)[C@H](C(=O)c1ccc(C)cc1)[C@@H](C(=O)c1ccc3c(c1)OCO3)[C@]21C(=O)Nc2ccccc21. The molecular formula is C37H30N2O5. The van der Waals surface area contributed by atoms with Crippen LogP contribution in [0.3, 0.4) is 0 Å². The third-order valence-corrected chi connectivity index (χ3v) is 9.68. The fraction of sp³-hybridized carbons (Fsp3) is 0.216. The van der Waals surface area contributed by atoms with Crippen molar-refractivity contribution in [1.82, 2.24) is 0 Å². The number of rotatable bonds is 4. The van der Waals surface area contributed by atoms with Gasteiger partial charge in [0, 0.05) is 28.1 Å². The monoisotopic (exact) mass is 582 g/mol. The van der Waals surface area contributed by atoms with E-state index in [2.05, 4.69) is 17.5 Å². The van der Waals surface area contributed by atoms with Crippen molar-refractivity contribution in [3.63, 3.8) is 0 Å². The Morgan fingerprint density at radius 2 is 1.55 bits per heavy atom. The van der Waals surface area contributed by atoms with Crippen molar-refractivity contribution in [3.8, 4) is 11.5 Å². The first-order valence-electron chi connectivity index (χ1n) is 14.8. The van der Waals surface area contributed by atoms with Gasteiger partial charge in [-0.2, -0.15) is 0 Å². The maximum atomic E-state index is 15.1. The Kier molecular flexibility index (Phi) is 5.66. The Morgan fingerprint density at radius 1 is 0.818 bits per heavy atom. The van der Waals surface area contributed by atoms with Gasteiger partial charge in [-0.05, 0) is 68.3 Å². The molecule has 0 radical (unpaired) electrons. The van der Waals surface area contributed by atoms with Crippen molar-refractivity contribution in [3.05, 3.63) is 124 Å². The Labute approximate surface area is 255 Å². The number of benzene rings is 4. The van der Waals surface area contributed by atoms with Crippen LogP contribution in [-0.2, 0) is 10.2 Å². The number of hydrogen-bond acceptors (Lipinski definition) is 6. The largest absolute Gasteiger partial charge is 0.454 e. The number of ether oxygens (including phenoxy) is 2. The molecule has 0 aliphatic carbocycles. The first kappa shape index (κ1) is 26.5. The summed E-state index contributed by atoms with van der Waals surface area (Å²) >= 11 is 0. The van der Waals surface area contributed by atoms with E-state index in [4.69, 9.17) is 9.47 Å². The van der Waals surface area contributed by atoms with E-state index in [1.165, 1.54) is 0 Å². The van der Waals surface area contributed by atoms with Crippen LogP contribution in [0, 0.1) is 19.8 Å². The van der Waals surface area contributed by atoms with Gasteiger partial charge < -0.3 is 19.7 Å². The van der Waals surface area contributed by atoms with Gasteiger partial charge in [-0.25, -0.2) is 0 Å². The van der Waals surface area contributed by atoms with Crippen LogP contribution in [0.5, 0.6) is 11.5 Å². The molecular weight excluding hydrogens is 552 g/mol. The molecule has 1 amide bonds. The highest BCUT2D eigenvalue weighted by molar-refractivity contribution is 6.18. The summed E-state index contributed by atoms with van der Waals surface area (Å²) in [4.78, 5) is 46.6. The molecule has 44 heavy (non-hydrogen) atoms. The molecule has 1 fully saturated rings. The number of carbonyl (C=O) groups is 3. The van der Waals surface area contributed by atoms with Gasteiger partial charge >= 0.3 is 0 Å². The molecule has 7 heteroatoms. The lowest BCUT2D eigenvalue weighted by Crippen LogP contribution is -2.51. The third-order valence-electron chi connectivity index (χ3n) is 9.68. The van der Waals surface area contributed by atoms with Crippen molar-refractivity contribution in [1.29, 1.82) is 0 Å². The Hall–Kier alpha value is -5.17. The Bertz CT molecular complexity index is 1940. The van der Waals surface area contributed by atoms with Crippen LogP contribution < -0.4 is 19.7 Å². The van der Waals surface area contributed by atoms with Gasteiger partial charge in [-0.3, -0.25) is 14.4 Å². The zero-order chi connectivity index (χ0) is 30.3. The molecule has 4 aromatic carbocycles. The van der Waals surface area contributed by atoms with Gasteiger partial charge in [0.1, 0.15) is 11.5 Å². The number of hydrogen-bond donors (Lipinski definition) is 1. The van der Waals surface area contributed by atoms with E-state index in [1.54, 1.807) is 18.2 Å². The highest BCUT2D eigenvalue weighted by Crippen LogP contribution is 2.59. The fourth-order valence-corrected chi connectivity index (χ4v) is 7.66. The lowest BCUT2D eigenvalue weighted by atomic mass is 9.64. The first-order chi connectivity index (χ1) is 21.3. The van der Waals surface area contributed by atoms with Crippen molar-refractivity contribution >= 4 is 34.4 Å². The number of amides is 1. The van der Waals surface area contributed by atoms with E-state index in [-0.39, 0.29) is 24.3 Å². The lowest BCUT2D eigenvalue weighted by molar-refractivity contribution is -0.121. The molecule has 1 spiro atoms. The highest BCUT2D eigenvalue weighted by Gasteiger charge is 2.70. The zero-order valence-electron chi connectivity index (χ0n) is 24.6. The molecule has 1 N–H and O–H groups in total. The summed E-state index contributed by atoms with van der Waals surface area (Å²) in [6.45, 7) is 6.11. The van der Waals surface area contributed by atoms with Crippen LogP contribution in [0.15, 0.2) is 91.0 Å². The maximum absolute atomic E-state index is 15.1.